The number of nitrogens with one attached hydrogen (secondary N) is 2. The average molecular weight is 640 g/mol. The zero-order valence-corrected chi connectivity index (χ0v) is 24.8. The molecule has 5 rings (SSSR count). The van der Waals surface area contributed by atoms with Crippen molar-refractivity contribution in [2.45, 2.75) is 0 Å². The zero-order chi connectivity index (χ0) is 31.8. The second-order valence-corrected chi connectivity index (χ2v) is 10.4. The normalized spacial score (nSPS) is 10.8. The maximum absolute atomic E-state index is 12.9. The van der Waals surface area contributed by atoms with Crippen molar-refractivity contribution < 1.29 is 28.7 Å². The number of carbonyl (C=O) groups is 4. The maximum Gasteiger partial charge on any atom is 0.343 e. The molecule has 0 spiro atoms. The number of hydrogen-bond acceptors (Lipinski definition) is 7. The monoisotopic (exact) mass is 639 g/mol. The fraction of sp³-hybridized carbons (Fsp3) is 0.0294. The van der Waals surface area contributed by atoms with Crippen molar-refractivity contribution >= 4 is 63.9 Å². The first-order valence-electron chi connectivity index (χ1n) is 13.4. The first-order chi connectivity index (χ1) is 21.8. The molecular formula is C34H23Cl2N3O6. The summed E-state index contributed by atoms with van der Waals surface area (Å²) in [5, 5.41) is 9.09. The highest BCUT2D eigenvalue weighted by Crippen LogP contribution is 2.26. The first-order valence-corrected chi connectivity index (χ1v) is 14.2. The molecule has 0 atom stereocenters. The van der Waals surface area contributed by atoms with E-state index >= 15 is 0 Å². The van der Waals surface area contributed by atoms with Gasteiger partial charge in [0, 0.05) is 27.2 Å². The Morgan fingerprint density at radius 3 is 2.02 bits per heavy atom. The van der Waals surface area contributed by atoms with Crippen LogP contribution in [0.1, 0.15) is 36.6 Å². The molecule has 45 heavy (non-hydrogen) atoms. The van der Waals surface area contributed by atoms with E-state index in [4.69, 9.17) is 32.7 Å². The van der Waals surface area contributed by atoms with Crippen molar-refractivity contribution in [2.24, 2.45) is 5.10 Å². The Balaban J connectivity index is 1.27. The Kier molecular flexibility index (Phi) is 9.83. The number of hydrogen-bond donors (Lipinski definition) is 2. The molecule has 0 saturated carbocycles. The smallest absolute Gasteiger partial charge is 0.343 e. The fourth-order valence-corrected chi connectivity index (χ4v) is 4.41. The Morgan fingerprint density at radius 2 is 1.33 bits per heavy atom. The summed E-state index contributed by atoms with van der Waals surface area (Å²) in [6, 6.07) is 29.3. The van der Waals surface area contributed by atoms with Crippen molar-refractivity contribution in [1.29, 1.82) is 0 Å². The van der Waals surface area contributed by atoms with Crippen molar-refractivity contribution in [2.75, 3.05) is 6.54 Å². The van der Waals surface area contributed by atoms with E-state index in [1.807, 2.05) is 30.3 Å². The summed E-state index contributed by atoms with van der Waals surface area (Å²) in [5.74, 6) is -2.27. The van der Waals surface area contributed by atoms with Crippen LogP contribution in [-0.4, -0.2) is 36.5 Å². The van der Waals surface area contributed by atoms with Crippen molar-refractivity contribution in [3.8, 4) is 11.5 Å². The van der Waals surface area contributed by atoms with E-state index < -0.39 is 23.8 Å². The lowest BCUT2D eigenvalue weighted by molar-refractivity contribution is -0.120. The highest BCUT2D eigenvalue weighted by molar-refractivity contribution is 6.31. The molecule has 2 amide bonds. The molecule has 0 saturated heterocycles. The van der Waals surface area contributed by atoms with Crippen LogP contribution in [0.25, 0.3) is 10.8 Å². The van der Waals surface area contributed by atoms with Crippen molar-refractivity contribution in [3.05, 3.63) is 141 Å². The Morgan fingerprint density at radius 1 is 0.711 bits per heavy atom. The Hall–Kier alpha value is -5.51. The molecule has 0 aliphatic rings. The summed E-state index contributed by atoms with van der Waals surface area (Å²) in [6.07, 6.45) is 1.25. The molecule has 2 N–H and O–H groups in total. The number of esters is 2. The summed E-state index contributed by atoms with van der Waals surface area (Å²) in [5.41, 5.74) is 3.54. The number of rotatable bonds is 9. The Labute approximate surface area is 267 Å². The van der Waals surface area contributed by atoms with Gasteiger partial charge in [-0.25, -0.2) is 15.0 Å². The minimum absolute atomic E-state index is 0.00128. The lowest BCUT2D eigenvalue weighted by atomic mass is 10.0. The number of hydrazone groups is 1. The highest BCUT2D eigenvalue weighted by atomic mass is 35.5. The second-order valence-electron chi connectivity index (χ2n) is 9.50. The average Bonchev–Trinajstić information content (AvgIpc) is 3.05. The number of halogens is 2. The van der Waals surface area contributed by atoms with E-state index in [1.165, 1.54) is 48.7 Å². The van der Waals surface area contributed by atoms with Crippen molar-refractivity contribution in [1.82, 2.24) is 10.7 Å². The molecule has 0 heterocycles. The van der Waals surface area contributed by atoms with E-state index in [1.54, 1.807) is 36.4 Å². The lowest BCUT2D eigenvalue weighted by Crippen LogP contribution is -2.35. The standard InChI is InChI=1S/C34H23Cl2N3O6/c35-25-13-8-22(9-14-25)33(42)44-27-17-12-24(30(18-27)45-34(43)23-10-15-26(36)16-11-23)19-38-39-31(40)20-37-32(41)29-7-3-5-21-4-1-2-6-28(21)29/h1-19H,20H2,(H,37,41)(H,39,40)/b38-19-. The van der Waals surface area contributed by atoms with Crippen LogP contribution in [0, 0.1) is 0 Å². The van der Waals surface area contributed by atoms with Gasteiger partial charge in [-0.15, -0.1) is 0 Å². The molecule has 5 aromatic carbocycles. The van der Waals surface area contributed by atoms with Crippen LogP contribution >= 0.6 is 23.2 Å². The molecule has 224 valence electrons. The van der Waals surface area contributed by atoms with Crippen LogP contribution < -0.4 is 20.2 Å². The van der Waals surface area contributed by atoms with Gasteiger partial charge < -0.3 is 14.8 Å². The fourth-order valence-electron chi connectivity index (χ4n) is 4.16. The van der Waals surface area contributed by atoms with E-state index in [0.29, 0.717) is 15.6 Å². The van der Waals surface area contributed by atoms with Crippen LogP contribution in [-0.2, 0) is 4.79 Å². The predicted molar refractivity (Wildman–Crippen MR) is 171 cm³/mol. The maximum atomic E-state index is 12.9. The molecule has 5 aromatic rings. The van der Waals surface area contributed by atoms with Crippen LogP contribution in [0.15, 0.2) is 114 Å². The highest BCUT2D eigenvalue weighted by Gasteiger charge is 2.16. The SMILES string of the molecule is O=C(CNC(=O)c1cccc2ccccc12)N/N=C\c1ccc(OC(=O)c2ccc(Cl)cc2)cc1OC(=O)c1ccc(Cl)cc1. The number of fused-ring (bicyclic) bond motifs is 1. The van der Waals surface area contributed by atoms with Gasteiger partial charge in [0.2, 0.25) is 0 Å². The van der Waals surface area contributed by atoms with Gasteiger partial charge in [-0.2, -0.15) is 5.10 Å². The number of ether oxygens (including phenoxy) is 2. The third-order valence-electron chi connectivity index (χ3n) is 6.39. The summed E-state index contributed by atoms with van der Waals surface area (Å²) >= 11 is 11.8. The molecule has 0 fully saturated rings. The lowest BCUT2D eigenvalue weighted by Gasteiger charge is -2.11. The molecule has 0 radical (unpaired) electrons. The minimum Gasteiger partial charge on any atom is -0.423 e. The Bertz CT molecular complexity index is 1920. The van der Waals surface area contributed by atoms with E-state index in [2.05, 4.69) is 15.8 Å². The van der Waals surface area contributed by atoms with Crippen molar-refractivity contribution in [3.63, 3.8) is 0 Å². The molecule has 0 unspecified atom stereocenters. The second kappa shape index (κ2) is 14.3. The van der Waals surface area contributed by atoms with E-state index in [0.717, 1.165) is 10.8 Å². The van der Waals surface area contributed by atoms with Gasteiger partial charge in [-0.05, 0) is 77.5 Å². The topological polar surface area (TPSA) is 123 Å². The van der Waals surface area contributed by atoms with Crippen LogP contribution in [0.4, 0.5) is 0 Å². The van der Waals surface area contributed by atoms with Gasteiger partial charge in [0.1, 0.15) is 11.5 Å². The van der Waals surface area contributed by atoms with Gasteiger partial charge in [-0.1, -0.05) is 59.6 Å². The summed E-state index contributed by atoms with van der Waals surface area (Å²) < 4.78 is 11.0. The quantitative estimate of drug-likeness (QED) is 0.0825. The summed E-state index contributed by atoms with van der Waals surface area (Å²) in [6.45, 7) is -0.336. The molecule has 0 aliphatic carbocycles. The van der Waals surface area contributed by atoms with Crippen LogP contribution in [0.3, 0.4) is 0 Å². The van der Waals surface area contributed by atoms with Gasteiger partial charge >= 0.3 is 11.9 Å². The van der Waals surface area contributed by atoms with E-state index in [9.17, 15) is 19.2 Å². The molecular weight excluding hydrogens is 617 g/mol. The van der Waals surface area contributed by atoms with Gasteiger partial charge in [-0.3, -0.25) is 9.59 Å². The molecule has 0 bridgehead atoms. The summed E-state index contributed by atoms with van der Waals surface area (Å²) in [4.78, 5) is 50.6. The van der Waals surface area contributed by atoms with Gasteiger partial charge in [0.05, 0.1) is 23.9 Å². The third kappa shape index (κ3) is 8.11. The minimum atomic E-state index is -0.706. The van der Waals surface area contributed by atoms with Gasteiger partial charge in [0.15, 0.2) is 0 Å². The largest absolute Gasteiger partial charge is 0.423 e. The molecule has 0 aromatic heterocycles. The molecule has 11 heteroatoms. The number of carbonyl (C=O) groups excluding carboxylic acids is 4. The summed E-state index contributed by atoms with van der Waals surface area (Å²) in [7, 11) is 0. The predicted octanol–water partition coefficient (Wildman–Crippen LogP) is 6.47. The van der Waals surface area contributed by atoms with Crippen LogP contribution in [0.2, 0.25) is 10.0 Å². The van der Waals surface area contributed by atoms with E-state index in [-0.39, 0.29) is 34.7 Å². The zero-order valence-electron chi connectivity index (χ0n) is 23.3. The number of benzene rings is 5. The van der Waals surface area contributed by atoms with Crippen LogP contribution in [0.5, 0.6) is 11.5 Å². The third-order valence-corrected chi connectivity index (χ3v) is 6.90. The molecule has 0 aliphatic heterocycles. The number of nitrogens with zero attached hydrogens (tertiary/aromatic N) is 1. The number of amides is 2. The molecule has 9 nitrogen and oxygen atoms in total. The first kappa shape index (κ1) is 30.9. The van der Waals surface area contributed by atoms with Gasteiger partial charge in [0.25, 0.3) is 11.8 Å².